The van der Waals surface area contributed by atoms with Crippen molar-refractivity contribution in [2.24, 2.45) is 29.4 Å². The van der Waals surface area contributed by atoms with Crippen molar-refractivity contribution in [3.63, 3.8) is 0 Å². The van der Waals surface area contributed by atoms with Gasteiger partial charge < -0.3 is 26.2 Å². The van der Waals surface area contributed by atoms with Crippen LogP contribution in [0.3, 0.4) is 0 Å². The number of hydrogen-bond acceptors (Lipinski definition) is 10. The fourth-order valence-corrected chi connectivity index (χ4v) is 6.55. The standard InChI is InChI=1S/C27H36N4O7/c1-11(2)29-10-13-9-16(30(3)4)14-7-12-8-15-20(31(5)6)23(34)19(26(28)37)25(36)27(15,38)24(35)17(12)22(33)18(14)21(13)32/h9,11-12,15,17,19-20,29,32,38H,7-8,10H2,1-6H3,(H2,28,37)/t12?,15?,17?,19?,20-,27+/m1/s1. The smallest absolute Gasteiger partial charge is 0.235 e. The lowest BCUT2D eigenvalue weighted by Gasteiger charge is -2.52. The molecule has 2 saturated carbocycles. The maximum absolute atomic E-state index is 14.0. The number of nitrogens with two attached hydrogens (primary N) is 1. The van der Waals surface area contributed by atoms with E-state index in [-0.39, 0.29) is 36.7 Å². The first kappa shape index (κ1) is 27.9. The van der Waals surface area contributed by atoms with Crippen molar-refractivity contribution < 1.29 is 34.2 Å². The van der Waals surface area contributed by atoms with Crippen LogP contribution in [-0.2, 0) is 32.1 Å². The summed E-state index contributed by atoms with van der Waals surface area (Å²) in [5.74, 6) is -10.4. The molecular weight excluding hydrogens is 492 g/mol. The van der Waals surface area contributed by atoms with Gasteiger partial charge in [-0.2, -0.15) is 0 Å². The lowest BCUT2D eigenvalue weighted by atomic mass is 9.52. The minimum Gasteiger partial charge on any atom is -0.507 e. The summed E-state index contributed by atoms with van der Waals surface area (Å²) in [5, 5.41) is 26.1. The zero-order chi connectivity index (χ0) is 28.4. The van der Waals surface area contributed by atoms with Crippen molar-refractivity contribution >= 4 is 34.7 Å². The van der Waals surface area contributed by atoms with Crippen molar-refractivity contribution in [1.29, 1.82) is 0 Å². The van der Waals surface area contributed by atoms with Crippen LogP contribution in [0.2, 0.25) is 0 Å². The van der Waals surface area contributed by atoms with Gasteiger partial charge in [0.05, 0.1) is 17.5 Å². The van der Waals surface area contributed by atoms with E-state index in [1.165, 1.54) is 4.90 Å². The van der Waals surface area contributed by atoms with E-state index in [2.05, 4.69) is 5.32 Å². The molecule has 1 amide bonds. The van der Waals surface area contributed by atoms with E-state index in [0.29, 0.717) is 16.8 Å². The molecule has 206 valence electrons. The number of nitrogens with one attached hydrogen (secondary N) is 1. The summed E-state index contributed by atoms with van der Waals surface area (Å²) in [6.45, 7) is 4.18. The van der Waals surface area contributed by atoms with Crippen LogP contribution in [-0.4, -0.2) is 90.0 Å². The monoisotopic (exact) mass is 528 g/mol. The highest BCUT2D eigenvalue weighted by atomic mass is 16.3. The number of Topliss-reactive ketones (excluding diaryl/α,β-unsaturated/α-hetero) is 4. The van der Waals surface area contributed by atoms with Gasteiger partial charge in [0.15, 0.2) is 34.7 Å². The van der Waals surface area contributed by atoms with Crippen LogP contribution in [0.4, 0.5) is 5.69 Å². The van der Waals surface area contributed by atoms with Gasteiger partial charge in [-0.05, 0) is 44.5 Å². The fourth-order valence-electron chi connectivity index (χ4n) is 6.55. The Hall–Kier alpha value is -3.15. The molecule has 38 heavy (non-hydrogen) atoms. The van der Waals surface area contributed by atoms with Crippen molar-refractivity contribution in [2.75, 3.05) is 33.1 Å². The Bertz CT molecular complexity index is 1240. The molecule has 3 aliphatic carbocycles. The summed E-state index contributed by atoms with van der Waals surface area (Å²) < 4.78 is 0. The van der Waals surface area contributed by atoms with Gasteiger partial charge in [0.25, 0.3) is 0 Å². The number of anilines is 1. The number of fused-ring (bicyclic) bond motifs is 3. The highest BCUT2D eigenvalue weighted by Crippen LogP contribution is 2.52. The highest BCUT2D eigenvalue weighted by molar-refractivity contribution is 6.32. The first-order chi connectivity index (χ1) is 17.6. The number of primary amides is 1. The van der Waals surface area contributed by atoms with E-state index in [1.54, 1.807) is 14.1 Å². The lowest BCUT2D eigenvalue weighted by Crippen LogP contribution is -2.74. The van der Waals surface area contributed by atoms with Crippen LogP contribution >= 0.6 is 0 Å². The second kappa shape index (κ2) is 9.55. The molecule has 0 saturated heterocycles. The number of aliphatic hydroxyl groups is 1. The predicted molar refractivity (Wildman–Crippen MR) is 138 cm³/mol. The van der Waals surface area contributed by atoms with Gasteiger partial charge >= 0.3 is 0 Å². The number of rotatable bonds is 6. The van der Waals surface area contributed by atoms with Gasteiger partial charge in [0.1, 0.15) is 5.75 Å². The quantitative estimate of drug-likeness (QED) is 0.351. The van der Waals surface area contributed by atoms with Crippen LogP contribution in [0.15, 0.2) is 6.07 Å². The number of carbonyl (C=O) groups excluding carboxylic acids is 5. The van der Waals surface area contributed by atoms with E-state index in [1.807, 2.05) is 38.9 Å². The topological polar surface area (TPSA) is 170 Å². The first-order valence-corrected chi connectivity index (χ1v) is 12.8. The van der Waals surface area contributed by atoms with Crippen molar-refractivity contribution in [2.45, 2.75) is 50.9 Å². The van der Waals surface area contributed by atoms with Gasteiger partial charge in [-0.15, -0.1) is 0 Å². The number of phenolic OH excluding ortho intramolecular Hbond substituents is 1. The lowest BCUT2D eigenvalue weighted by molar-refractivity contribution is -0.181. The number of hydrogen-bond donors (Lipinski definition) is 4. The molecule has 3 aliphatic rings. The van der Waals surface area contributed by atoms with Gasteiger partial charge in [-0.3, -0.25) is 28.9 Å². The summed E-state index contributed by atoms with van der Waals surface area (Å²) in [7, 11) is 6.75. The Morgan fingerprint density at radius 2 is 1.79 bits per heavy atom. The van der Waals surface area contributed by atoms with E-state index in [9.17, 15) is 34.2 Å². The average molecular weight is 529 g/mol. The second-order valence-electron chi connectivity index (χ2n) is 11.5. The third kappa shape index (κ3) is 3.95. The highest BCUT2D eigenvalue weighted by Gasteiger charge is 2.69. The predicted octanol–water partition coefficient (Wildman–Crippen LogP) is -0.569. The Balaban J connectivity index is 1.87. The fraction of sp³-hybridized carbons (Fsp3) is 0.593. The molecule has 11 nitrogen and oxygen atoms in total. The summed E-state index contributed by atoms with van der Waals surface area (Å²) >= 11 is 0. The Morgan fingerprint density at radius 1 is 1.16 bits per heavy atom. The van der Waals surface area contributed by atoms with Crippen molar-refractivity contribution in [1.82, 2.24) is 10.2 Å². The third-order valence-electron chi connectivity index (χ3n) is 8.30. The zero-order valence-electron chi connectivity index (χ0n) is 22.6. The Labute approximate surface area is 221 Å². The summed E-state index contributed by atoms with van der Waals surface area (Å²) in [6, 6.07) is 0.802. The number of benzene rings is 1. The molecule has 4 rings (SSSR count). The Morgan fingerprint density at radius 3 is 2.32 bits per heavy atom. The maximum atomic E-state index is 14.0. The van der Waals surface area contributed by atoms with Gasteiger partial charge in [0, 0.05) is 43.9 Å². The number of aromatic hydroxyl groups is 1. The van der Waals surface area contributed by atoms with Crippen LogP contribution in [0, 0.1) is 23.7 Å². The van der Waals surface area contributed by atoms with Gasteiger partial charge in [-0.25, -0.2) is 0 Å². The summed E-state index contributed by atoms with van der Waals surface area (Å²) in [5.41, 5.74) is 4.41. The average Bonchev–Trinajstić information content (AvgIpc) is 2.80. The van der Waals surface area contributed by atoms with E-state index >= 15 is 0 Å². The molecule has 0 radical (unpaired) electrons. The number of likely N-dealkylation sites (N-methyl/N-ethyl adjacent to an activating group) is 1. The van der Waals surface area contributed by atoms with Gasteiger partial charge in [-0.1, -0.05) is 13.8 Å². The van der Waals surface area contributed by atoms with Crippen LogP contribution in [0.25, 0.3) is 0 Å². The number of amides is 1. The largest absolute Gasteiger partial charge is 0.507 e. The molecule has 4 unspecified atom stereocenters. The SMILES string of the molecule is CC(C)NCc1cc(N(C)C)c2c(c1O)C(=O)C1C(=O)[C@]3(O)C(=O)C(C(N)=O)C(=O)[C@H](N(C)C)C3CC1C2. The summed E-state index contributed by atoms with van der Waals surface area (Å²) in [4.78, 5) is 69.8. The molecule has 11 heteroatoms. The molecular formula is C27H36N4O7. The normalized spacial score (nSPS) is 30.8. The maximum Gasteiger partial charge on any atom is 0.235 e. The zero-order valence-corrected chi connectivity index (χ0v) is 22.6. The molecule has 5 N–H and O–H groups in total. The molecule has 0 heterocycles. The molecule has 0 bridgehead atoms. The molecule has 0 spiro atoms. The molecule has 1 aromatic carbocycles. The molecule has 0 aliphatic heterocycles. The summed E-state index contributed by atoms with van der Waals surface area (Å²) in [6.07, 6.45) is 0.249. The molecule has 1 aromatic rings. The second-order valence-corrected chi connectivity index (χ2v) is 11.5. The van der Waals surface area contributed by atoms with Gasteiger partial charge in [0.2, 0.25) is 5.91 Å². The third-order valence-corrected chi connectivity index (χ3v) is 8.30. The Kier molecular flexibility index (Phi) is 7.00. The number of carbonyl (C=O) groups is 5. The first-order valence-electron chi connectivity index (χ1n) is 12.8. The minimum atomic E-state index is -2.73. The van der Waals surface area contributed by atoms with E-state index < -0.39 is 64.4 Å². The van der Waals surface area contributed by atoms with Crippen molar-refractivity contribution in [3.8, 4) is 5.75 Å². The molecule has 6 atom stereocenters. The molecule has 0 aromatic heterocycles. The number of nitrogens with zero attached hydrogens (tertiary/aromatic N) is 2. The van der Waals surface area contributed by atoms with Crippen molar-refractivity contribution in [3.05, 3.63) is 22.8 Å². The number of phenols is 1. The minimum absolute atomic E-state index is 0.00310. The molecule has 2 fully saturated rings. The van der Waals surface area contributed by atoms with Crippen LogP contribution in [0.5, 0.6) is 5.75 Å². The van der Waals surface area contributed by atoms with Crippen LogP contribution in [0.1, 0.15) is 41.8 Å². The van der Waals surface area contributed by atoms with E-state index in [0.717, 1.165) is 0 Å². The van der Waals surface area contributed by atoms with Crippen LogP contribution < -0.4 is 16.0 Å². The van der Waals surface area contributed by atoms with E-state index in [4.69, 9.17) is 5.73 Å². The number of ketones is 4.